The number of nitrogens with one attached hydrogen (secondary N) is 1. The molecule has 4 rings (SSSR count). The Morgan fingerprint density at radius 2 is 1.80 bits per heavy atom. The molecule has 128 valence electrons. The third kappa shape index (κ3) is 3.82. The molecule has 6 heteroatoms. The van der Waals surface area contributed by atoms with Crippen molar-refractivity contribution in [1.29, 1.82) is 0 Å². The van der Waals surface area contributed by atoms with E-state index in [-0.39, 0.29) is 5.28 Å². The highest BCUT2D eigenvalue weighted by Gasteiger charge is 2.15. The zero-order chi connectivity index (χ0) is 17.1. The first-order valence-corrected chi connectivity index (χ1v) is 8.96. The number of ether oxygens (including phenoxy) is 1. The van der Waals surface area contributed by atoms with Gasteiger partial charge in [0.15, 0.2) is 0 Å². The van der Waals surface area contributed by atoms with Gasteiger partial charge in [0, 0.05) is 11.6 Å². The lowest BCUT2D eigenvalue weighted by Crippen LogP contribution is -2.19. The molecule has 1 aliphatic rings. The predicted molar refractivity (Wildman–Crippen MR) is 99.6 cm³/mol. The van der Waals surface area contributed by atoms with E-state index in [0.717, 1.165) is 40.9 Å². The van der Waals surface area contributed by atoms with E-state index < -0.39 is 0 Å². The van der Waals surface area contributed by atoms with Crippen molar-refractivity contribution < 1.29 is 4.74 Å². The van der Waals surface area contributed by atoms with Gasteiger partial charge < -0.3 is 10.1 Å². The van der Waals surface area contributed by atoms with Crippen LogP contribution < -0.4 is 10.1 Å². The lowest BCUT2D eigenvalue weighted by atomic mass is 9.98. The minimum Gasteiger partial charge on any atom is -0.490 e. The van der Waals surface area contributed by atoms with Crippen LogP contribution in [0.2, 0.25) is 5.28 Å². The van der Waals surface area contributed by atoms with E-state index in [9.17, 15) is 0 Å². The molecule has 1 aliphatic carbocycles. The lowest BCUT2D eigenvalue weighted by Gasteiger charge is -2.23. The fourth-order valence-electron chi connectivity index (χ4n) is 3.22. The number of benzene rings is 1. The average Bonchev–Trinajstić information content (AvgIpc) is 2.64. The van der Waals surface area contributed by atoms with Crippen LogP contribution in [0.5, 0.6) is 5.75 Å². The van der Waals surface area contributed by atoms with Gasteiger partial charge in [-0.25, -0.2) is 15.0 Å². The summed E-state index contributed by atoms with van der Waals surface area (Å²) in [6.45, 7) is 0. The molecule has 0 saturated heterocycles. The highest BCUT2D eigenvalue weighted by molar-refractivity contribution is 6.28. The van der Waals surface area contributed by atoms with Crippen molar-refractivity contribution in [2.24, 2.45) is 0 Å². The standard InChI is InChI=1S/C19H19ClN4O/c20-19-22-11-14(12-23-19)24-18-17-7-6-16(10-13(17)8-9-21-18)25-15-4-2-1-3-5-15/h6-12,15H,1-5H2,(H,21,24). The van der Waals surface area contributed by atoms with E-state index in [2.05, 4.69) is 26.3 Å². The number of nitrogens with zero attached hydrogens (tertiary/aromatic N) is 3. The Balaban J connectivity index is 1.57. The molecular formula is C19H19ClN4O. The van der Waals surface area contributed by atoms with Crippen LogP contribution in [-0.2, 0) is 0 Å². The van der Waals surface area contributed by atoms with Crippen molar-refractivity contribution >= 4 is 33.9 Å². The highest BCUT2D eigenvalue weighted by atomic mass is 35.5. The van der Waals surface area contributed by atoms with Gasteiger partial charge in [-0.15, -0.1) is 0 Å². The number of halogens is 1. The maximum atomic E-state index is 6.16. The van der Waals surface area contributed by atoms with Crippen molar-refractivity contribution in [2.75, 3.05) is 5.32 Å². The third-order valence-electron chi connectivity index (χ3n) is 4.47. The van der Waals surface area contributed by atoms with Crippen LogP contribution in [0.1, 0.15) is 32.1 Å². The first-order chi connectivity index (χ1) is 12.3. The Morgan fingerprint density at radius 3 is 2.60 bits per heavy atom. The molecule has 1 saturated carbocycles. The van der Waals surface area contributed by atoms with Crippen LogP contribution in [0, 0.1) is 0 Å². The molecular weight excluding hydrogens is 336 g/mol. The van der Waals surface area contributed by atoms with Crippen molar-refractivity contribution in [3.63, 3.8) is 0 Å². The number of aromatic nitrogens is 3. The summed E-state index contributed by atoms with van der Waals surface area (Å²) in [5.74, 6) is 1.68. The van der Waals surface area contributed by atoms with Gasteiger partial charge in [0.2, 0.25) is 5.28 Å². The van der Waals surface area contributed by atoms with E-state index in [0.29, 0.717) is 6.10 Å². The summed E-state index contributed by atoms with van der Waals surface area (Å²) < 4.78 is 6.16. The molecule has 0 radical (unpaired) electrons. The zero-order valence-corrected chi connectivity index (χ0v) is 14.5. The fraction of sp³-hybridized carbons (Fsp3) is 0.316. The van der Waals surface area contributed by atoms with Crippen LogP contribution in [0.4, 0.5) is 11.5 Å². The molecule has 1 N–H and O–H groups in total. The summed E-state index contributed by atoms with van der Waals surface area (Å²) >= 11 is 5.73. The topological polar surface area (TPSA) is 59.9 Å². The quantitative estimate of drug-likeness (QED) is 0.658. The molecule has 5 nitrogen and oxygen atoms in total. The molecule has 0 amide bonds. The zero-order valence-electron chi connectivity index (χ0n) is 13.8. The summed E-state index contributed by atoms with van der Waals surface area (Å²) in [6, 6.07) is 8.13. The number of hydrogen-bond donors (Lipinski definition) is 1. The minimum atomic E-state index is 0.223. The first-order valence-electron chi connectivity index (χ1n) is 8.58. The van der Waals surface area contributed by atoms with Crippen molar-refractivity contribution in [2.45, 2.75) is 38.2 Å². The molecule has 2 heterocycles. The van der Waals surface area contributed by atoms with Crippen LogP contribution in [-0.4, -0.2) is 21.1 Å². The second kappa shape index (κ2) is 7.23. The largest absolute Gasteiger partial charge is 0.490 e. The summed E-state index contributed by atoms with van der Waals surface area (Å²) in [5.41, 5.74) is 0.743. The maximum absolute atomic E-state index is 6.16. The molecule has 0 atom stereocenters. The van der Waals surface area contributed by atoms with E-state index in [4.69, 9.17) is 16.3 Å². The van der Waals surface area contributed by atoms with Gasteiger partial charge in [-0.3, -0.25) is 0 Å². The molecule has 0 aliphatic heterocycles. The van der Waals surface area contributed by atoms with E-state index in [1.807, 2.05) is 18.2 Å². The normalized spacial score (nSPS) is 15.2. The third-order valence-corrected chi connectivity index (χ3v) is 4.67. The van der Waals surface area contributed by atoms with Gasteiger partial charge in [-0.05, 0) is 66.9 Å². The van der Waals surface area contributed by atoms with Gasteiger partial charge in [-0.1, -0.05) is 6.42 Å². The Hall–Kier alpha value is -2.40. The van der Waals surface area contributed by atoms with E-state index >= 15 is 0 Å². The summed E-state index contributed by atoms with van der Waals surface area (Å²) in [6.07, 6.45) is 11.6. The molecule has 2 aromatic heterocycles. The van der Waals surface area contributed by atoms with Gasteiger partial charge in [0.1, 0.15) is 11.6 Å². The minimum absolute atomic E-state index is 0.223. The molecule has 1 aromatic carbocycles. The smallest absolute Gasteiger partial charge is 0.222 e. The Morgan fingerprint density at radius 1 is 1.00 bits per heavy atom. The SMILES string of the molecule is Clc1ncc(Nc2nccc3cc(OC4CCCCC4)ccc23)cn1. The maximum Gasteiger partial charge on any atom is 0.222 e. The average molecular weight is 355 g/mol. The van der Waals surface area contributed by atoms with Crippen LogP contribution in [0.15, 0.2) is 42.9 Å². The molecule has 25 heavy (non-hydrogen) atoms. The summed E-state index contributed by atoms with van der Waals surface area (Å²) in [7, 11) is 0. The molecule has 0 bridgehead atoms. The summed E-state index contributed by atoms with van der Waals surface area (Å²) in [4.78, 5) is 12.4. The fourth-order valence-corrected chi connectivity index (χ4v) is 3.32. The van der Waals surface area contributed by atoms with Crippen LogP contribution in [0.25, 0.3) is 10.8 Å². The Labute approximate surface area is 151 Å². The van der Waals surface area contributed by atoms with Gasteiger partial charge in [0.05, 0.1) is 24.2 Å². The predicted octanol–water partition coefficient (Wildman–Crippen LogP) is 5.13. The van der Waals surface area contributed by atoms with E-state index in [1.165, 1.54) is 19.3 Å². The number of rotatable bonds is 4. The number of pyridine rings is 1. The molecule has 0 spiro atoms. The summed E-state index contributed by atoms with van der Waals surface area (Å²) in [5, 5.41) is 5.57. The van der Waals surface area contributed by atoms with Gasteiger partial charge >= 0.3 is 0 Å². The van der Waals surface area contributed by atoms with Crippen molar-refractivity contribution in [3.8, 4) is 5.75 Å². The van der Waals surface area contributed by atoms with E-state index in [1.54, 1.807) is 18.6 Å². The second-order valence-electron chi connectivity index (χ2n) is 6.29. The monoisotopic (exact) mass is 354 g/mol. The number of anilines is 2. The van der Waals surface area contributed by atoms with Crippen LogP contribution >= 0.6 is 11.6 Å². The molecule has 1 fully saturated rings. The molecule has 3 aromatic rings. The van der Waals surface area contributed by atoms with Gasteiger partial charge in [0.25, 0.3) is 0 Å². The van der Waals surface area contributed by atoms with Crippen molar-refractivity contribution in [3.05, 3.63) is 48.1 Å². The number of fused-ring (bicyclic) bond motifs is 1. The highest BCUT2D eigenvalue weighted by Crippen LogP contribution is 2.29. The van der Waals surface area contributed by atoms with Crippen LogP contribution in [0.3, 0.4) is 0 Å². The van der Waals surface area contributed by atoms with Gasteiger partial charge in [-0.2, -0.15) is 0 Å². The van der Waals surface area contributed by atoms with Crippen molar-refractivity contribution in [1.82, 2.24) is 15.0 Å². The Kier molecular flexibility index (Phi) is 4.65. The lowest BCUT2D eigenvalue weighted by molar-refractivity contribution is 0.155. The molecule has 0 unspecified atom stereocenters. The first kappa shape index (κ1) is 16.1. The second-order valence-corrected chi connectivity index (χ2v) is 6.62. The number of hydrogen-bond acceptors (Lipinski definition) is 5. The Bertz CT molecular complexity index is 863.